The number of hydrogen-bond acceptors (Lipinski definition) is 3. The molecule has 3 N–H and O–H groups in total. The van der Waals surface area contributed by atoms with E-state index >= 15 is 0 Å². The molecule has 0 aliphatic heterocycles. The number of carbonyl (C=O) groups excluding carboxylic acids is 1. The van der Waals surface area contributed by atoms with E-state index in [-0.39, 0.29) is 12.5 Å². The lowest BCUT2D eigenvalue weighted by Gasteiger charge is -2.13. The molecule has 0 unspecified atom stereocenters. The summed E-state index contributed by atoms with van der Waals surface area (Å²) in [6.45, 7) is 2.19. The van der Waals surface area contributed by atoms with E-state index < -0.39 is 0 Å². The smallest absolute Gasteiger partial charge is 0.239 e. The van der Waals surface area contributed by atoms with Gasteiger partial charge in [-0.3, -0.25) is 9.79 Å². The van der Waals surface area contributed by atoms with Crippen molar-refractivity contribution in [1.82, 2.24) is 16.0 Å². The highest BCUT2D eigenvalue weighted by molar-refractivity contribution is 5.86. The van der Waals surface area contributed by atoms with Crippen molar-refractivity contribution < 1.29 is 9.53 Å². The van der Waals surface area contributed by atoms with Crippen molar-refractivity contribution >= 4 is 11.9 Å². The molecule has 122 valence electrons. The van der Waals surface area contributed by atoms with Crippen LogP contribution in [0, 0.1) is 5.92 Å². The van der Waals surface area contributed by atoms with Crippen LogP contribution in [-0.2, 0) is 9.53 Å². The van der Waals surface area contributed by atoms with Crippen LogP contribution in [0.15, 0.2) is 4.99 Å². The maximum absolute atomic E-state index is 11.5. The van der Waals surface area contributed by atoms with Crippen molar-refractivity contribution in [3.8, 4) is 0 Å². The molecule has 21 heavy (non-hydrogen) atoms. The van der Waals surface area contributed by atoms with Crippen LogP contribution >= 0.6 is 0 Å². The number of methoxy groups -OCH3 is 1. The molecule has 1 fully saturated rings. The van der Waals surface area contributed by atoms with Gasteiger partial charge in [-0.15, -0.1) is 0 Å². The molecule has 0 aromatic carbocycles. The Morgan fingerprint density at radius 3 is 2.62 bits per heavy atom. The van der Waals surface area contributed by atoms with Crippen LogP contribution in [0.4, 0.5) is 0 Å². The number of nitrogens with zero attached hydrogens (tertiary/aromatic N) is 1. The lowest BCUT2D eigenvalue weighted by Crippen LogP contribution is -2.43. The van der Waals surface area contributed by atoms with E-state index in [1.807, 2.05) is 0 Å². The van der Waals surface area contributed by atoms with Gasteiger partial charge in [-0.25, -0.2) is 0 Å². The monoisotopic (exact) mass is 298 g/mol. The molecule has 0 saturated heterocycles. The Labute approximate surface area is 128 Å². The van der Waals surface area contributed by atoms with Gasteiger partial charge in [-0.1, -0.05) is 25.7 Å². The number of amides is 1. The van der Waals surface area contributed by atoms with E-state index in [4.69, 9.17) is 4.74 Å². The molecular weight excluding hydrogens is 268 g/mol. The predicted molar refractivity (Wildman–Crippen MR) is 85.4 cm³/mol. The summed E-state index contributed by atoms with van der Waals surface area (Å²) < 4.78 is 4.88. The molecule has 0 atom stereocenters. The Morgan fingerprint density at radius 2 is 1.95 bits per heavy atom. The summed E-state index contributed by atoms with van der Waals surface area (Å²) in [4.78, 5) is 15.6. The minimum atomic E-state index is -0.0547. The van der Waals surface area contributed by atoms with Gasteiger partial charge >= 0.3 is 0 Å². The van der Waals surface area contributed by atoms with Crippen molar-refractivity contribution in [2.24, 2.45) is 10.9 Å². The summed E-state index contributed by atoms with van der Waals surface area (Å²) in [6.07, 6.45) is 8.05. The van der Waals surface area contributed by atoms with Crippen LogP contribution in [0.5, 0.6) is 0 Å². The molecule has 0 aromatic rings. The number of rotatable bonds is 9. The molecule has 0 aromatic heterocycles. The van der Waals surface area contributed by atoms with Crippen molar-refractivity contribution in [3.05, 3.63) is 0 Å². The van der Waals surface area contributed by atoms with Crippen LogP contribution in [0.25, 0.3) is 0 Å². The average molecular weight is 298 g/mol. The van der Waals surface area contributed by atoms with Crippen LogP contribution in [0.3, 0.4) is 0 Å². The lowest BCUT2D eigenvalue weighted by atomic mass is 10.0. The maximum Gasteiger partial charge on any atom is 0.239 e. The minimum absolute atomic E-state index is 0.0547. The van der Waals surface area contributed by atoms with E-state index in [1.165, 1.54) is 32.1 Å². The van der Waals surface area contributed by atoms with Crippen molar-refractivity contribution in [2.45, 2.75) is 38.5 Å². The van der Waals surface area contributed by atoms with E-state index in [0.717, 1.165) is 18.9 Å². The van der Waals surface area contributed by atoms with Gasteiger partial charge in [-0.05, 0) is 18.8 Å². The van der Waals surface area contributed by atoms with Gasteiger partial charge in [0.15, 0.2) is 5.96 Å². The van der Waals surface area contributed by atoms with E-state index in [9.17, 15) is 4.79 Å². The van der Waals surface area contributed by atoms with Crippen LogP contribution < -0.4 is 16.0 Å². The van der Waals surface area contributed by atoms with Gasteiger partial charge in [0.25, 0.3) is 0 Å². The number of ether oxygens (including phenoxy) is 1. The Hall–Kier alpha value is -1.30. The molecule has 1 aliphatic rings. The third-order valence-corrected chi connectivity index (χ3v) is 3.82. The topological polar surface area (TPSA) is 74.8 Å². The molecule has 1 aliphatic carbocycles. The van der Waals surface area contributed by atoms with Crippen molar-refractivity contribution in [3.63, 3.8) is 0 Å². The molecule has 1 amide bonds. The van der Waals surface area contributed by atoms with Crippen LogP contribution in [0.1, 0.15) is 38.5 Å². The van der Waals surface area contributed by atoms with Gasteiger partial charge in [0.2, 0.25) is 5.91 Å². The van der Waals surface area contributed by atoms with Gasteiger partial charge in [-0.2, -0.15) is 0 Å². The van der Waals surface area contributed by atoms with E-state index in [0.29, 0.717) is 19.1 Å². The SMILES string of the molecule is CN=C(NCCCC1CCCC1)NCC(=O)NCCOC. The molecular formula is C15H30N4O2. The summed E-state index contributed by atoms with van der Waals surface area (Å²) in [6, 6.07) is 0. The number of carbonyl (C=O) groups is 1. The fourth-order valence-electron chi connectivity index (χ4n) is 2.64. The highest BCUT2D eigenvalue weighted by Gasteiger charge is 2.14. The largest absolute Gasteiger partial charge is 0.383 e. The highest BCUT2D eigenvalue weighted by atomic mass is 16.5. The Balaban J connectivity index is 2.04. The van der Waals surface area contributed by atoms with E-state index in [2.05, 4.69) is 20.9 Å². The number of hydrogen-bond donors (Lipinski definition) is 3. The maximum atomic E-state index is 11.5. The van der Waals surface area contributed by atoms with Crippen LogP contribution in [-0.4, -0.2) is 52.3 Å². The predicted octanol–water partition coefficient (Wildman–Crippen LogP) is 0.884. The minimum Gasteiger partial charge on any atom is -0.383 e. The zero-order valence-corrected chi connectivity index (χ0v) is 13.4. The summed E-state index contributed by atoms with van der Waals surface area (Å²) in [5.74, 6) is 1.55. The fraction of sp³-hybridized carbons (Fsp3) is 0.867. The second-order valence-electron chi connectivity index (χ2n) is 5.49. The summed E-state index contributed by atoms with van der Waals surface area (Å²) in [5.41, 5.74) is 0. The van der Waals surface area contributed by atoms with Crippen molar-refractivity contribution in [1.29, 1.82) is 0 Å². The van der Waals surface area contributed by atoms with Gasteiger partial charge in [0.1, 0.15) is 0 Å². The second-order valence-corrected chi connectivity index (χ2v) is 5.49. The average Bonchev–Trinajstić information content (AvgIpc) is 3.00. The number of nitrogens with one attached hydrogen (secondary N) is 3. The summed E-state index contributed by atoms with van der Waals surface area (Å²) >= 11 is 0. The molecule has 0 radical (unpaired) electrons. The standard InChI is InChI=1S/C15H30N4O2/c1-16-15(19-12-14(20)17-10-11-21-2)18-9-5-8-13-6-3-4-7-13/h13H,3-12H2,1-2H3,(H,17,20)(H2,16,18,19). The van der Waals surface area contributed by atoms with E-state index in [1.54, 1.807) is 14.2 Å². The Morgan fingerprint density at radius 1 is 1.19 bits per heavy atom. The molecule has 0 spiro atoms. The molecule has 6 heteroatoms. The van der Waals surface area contributed by atoms with Gasteiger partial charge in [0, 0.05) is 27.2 Å². The highest BCUT2D eigenvalue weighted by Crippen LogP contribution is 2.28. The molecule has 0 bridgehead atoms. The quantitative estimate of drug-likeness (QED) is 0.336. The molecule has 1 saturated carbocycles. The molecule has 0 heterocycles. The van der Waals surface area contributed by atoms with Crippen molar-refractivity contribution in [2.75, 3.05) is 40.4 Å². The third-order valence-electron chi connectivity index (χ3n) is 3.82. The Bertz CT molecular complexity index is 315. The number of aliphatic imine (C=N–C) groups is 1. The first-order valence-corrected chi connectivity index (χ1v) is 7.96. The molecule has 6 nitrogen and oxygen atoms in total. The first-order chi connectivity index (χ1) is 10.3. The first kappa shape index (κ1) is 17.8. The van der Waals surface area contributed by atoms with Gasteiger partial charge in [0.05, 0.1) is 13.2 Å². The summed E-state index contributed by atoms with van der Waals surface area (Å²) in [5, 5.41) is 9.02. The van der Waals surface area contributed by atoms with Crippen LogP contribution in [0.2, 0.25) is 0 Å². The Kier molecular flexibility index (Phi) is 9.61. The lowest BCUT2D eigenvalue weighted by molar-refractivity contribution is -0.120. The number of guanidine groups is 1. The summed E-state index contributed by atoms with van der Waals surface area (Å²) in [7, 11) is 3.33. The third kappa shape index (κ3) is 8.55. The van der Waals surface area contributed by atoms with Gasteiger partial charge < -0.3 is 20.7 Å². The zero-order chi connectivity index (χ0) is 15.3. The second kappa shape index (κ2) is 11.4. The zero-order valence-electron chi connectivity index (χ0n) is 13.4. The fourth-order valence-corrected chi connectivity index (χ4v) is 2.64. The first-order valence-electron chi connectivity index (χ1n) is 7.96. The molecule has 1 rings (SSSR count). The normalized spacial score (nSPS) is 16.0.